The molecule has 1 aromatic carbocycles. The summed E-state index contributed by atoms with van der Waals surface area (Å²) < 4.78 is 6.56. The van der Waals surface area contributed by atoms with Crippen molar-refractivity contribution in [3.05, 3.63) is 48.4 Å². The lowest BCUT2D eigenvalue weighted by atomic mass is 10.1. The minimum absolute atomic E-state index is 0.894. The standard InChI is InChI=1S/C15H12N5/c1-18-13-15(20-9-16-7-6-12(20)17-13)19-8-10-4-2-3-5-11(10)14(18)19/h2-7,9H,8H2,1H3/q+1. The van der Waals surface area contributed by atoms with Gasteiger partial charge in [0.15, 0.2) is 6.33 Å². The van der Waals surface area contributed by atoms with Crippen molar-refractivity contribution in [1.82, 2.24) is 18.9 Å². The van der Waals surface area contributed by atoms with E-state index in [1.54, 1.807) is 6.20 Å². The number of fused-ring (bicyclic) bond motifs is 7. The molecule has 0 N–H and O–H groups in total. The molecule has 1 aliphatic heterocycles. The van der Waals surface area contributed by atoms with E-state index >= 15 is 0 Å². The highest BCUT2D eigenvalue weighted by atomic mass is 15.3. The van der Waals surface area contributed by atoms with E-state index in [2.05, 4.69) is 49.8 Å². The molecule has 96 valence electrons. The van der Waals surface area contributed by atoms with Crippen molar-refractivity contribution in [3.63, 3.8) is 0 Å². The van der Waals surface area contributed by atoms with Gasteiger partial charge in [0.25, 0.3) is 11.3 Å². The lowest BCUT2D eigenvalue weighted by molar-refractivity contribution is -0.648. The average Bonchev–Trinajstić information content (AvgIpc) is 3.10. The zero-order valence-electron chi connectivity index (χ0n) is 11.0. The van der Waals surface area contributed by atoms with Gasteiger partial charge in [-0.3, -0.25) is 0 Å². The van der Waals surface area contributed by atoms with E-state index in [1.165, 1.54) is 17.0 Å². The summed E-state index contributed by atoms with van der Waals surface area (Å²) in [6, 6.07) is 10.5. The molecule has 0 saturated carbocycles. The largest absolute Gasteiger partial charge is 0.296 e. The molecule has 3 aromatic heterocycles. The summed E-state index contributed by atoms with van der Waals surface area (Å²) in [6.45, 7) is 0.894. The van der Waals surface area contributed by atoms with Crippen LogP contribution in [0.25, 0.3) is 28.3 Å². The third-order valence-corrected chi connectivity index (χ3v) is 4.12. The van der Waals surface area contributed by atoms with Crippen LogP contribution >= 0.6 is 0 Å². The Morgan fingerprint density at radius 1 is 1.20 bits per heavy atom. The van der Waals surface area contributed by atoms with E-state index in [1.807, 2.05) is 12.4 Å². The van der Waals surface area contributed by atoms with Gasteiger partial charge in [-0.05, 0) is 6.07 Å². The van der Waals surface area contributed by atoms with Crippen molar-refractivity contribution in [2.24, 2.45) is 7.05 Å². The van der Waals surface area contributed by atoms with E-state index < -0.39 is 0 Å². The number of nitrogens with zero attached hydrogens (tertiary/aromatic N) is 5. The Hall–Kier alpha value is -2.69. The summed E-state index contributed by atoms with van der Waals surface area (Å²) in [5.74, 6) is 1.22. The molecule has 5 nitrogen and oxygen atoms in total. The Balaban J connectivity index is 1.99. The fraction of sp³-hybridized carbons (Fsp3) is 0.133. The maximum Gasteiger partial charge on any atom is 0.296 e. The van der Waals surface area contributed by atoms with Crippen LogP contribution in [0.15, 0.2) is 42.9 Å². The third-order valence-electron chi connectivity index (χ3n) is 4.12. The fourth-order valence-corrected chi connectivity index (χ4v) is 3.25. The molecule has 4 heterocycles. The molecule has 0 unspecified atom stereocenters. The van der Waals surface area contributed by atoms with E-state index in [4.69, 9.17) is 4.98 Å². The van der Waals surface area contributed by atoms with Crippen LogP contribution in [0.4, 0.5) is 0 Å². The number of hydrogen-bond acceptors (Lipinski definition) is 2. The van der Waals surface area contributed by atoms with Crippen LogP contribution in [0.2, 0.25) is 0 Å². The molecule has 0 amide bonds. The third kappa shape index (κ3) is 1.02. The van der Waals surface area contributed by atoms with Gasteiger partial charge in [-0.25, -0.2) is 14.1 Å². The van der Waals surface area contributed by atoms with Gasteiger partial charge in [0.1, 0.15) is 0 Å². The van der Waals surface area contributed by atoms with Gasteiger partial charge < -0.3 is 0 Å². The van der Waals surface area contributed by atoms with Crippen LogP contribution in [-0.2, 0) is 13.6 Å². The highest BCUT2D eigenvalue weighted by molar-refractivity contribution is 5.76. The maximum atomic E-state index is 4.72. The van der Waals surface area contributed by atoms with E-state index in [-0.39, 0.29) is 0 Å². The lowest BCUT2D eigenvalue weighted by Crippen LogP contribution is -2.32. The first-order chi connectivity index (χ1) is 9.84. The minimum atomic E-state index is 0.894. The fourth-order valence-electron chi connectivity index (χ4n) is 3.25. The second-order valence-corrected chi connectivity index (χ2v) is 5.19. The molecule has 0 atom stereocenters. The quantitative estimate of drug-likeness (QED) is 0.397. The van der Waals surface area contributed by atoms with Gasteiger partial charge in [0.2, 0.25) is 11.5 Å². The summed E-state index contributed by atoms with van der Waals surface area (Å²) in [7, 11) is 2.08. The normalized spacial score (nSPS) is 13.1. The van der Waals surface area contributed by atoms with Gasteiger partial charge >= 0.3 is 0 Å². The van der Waals surface area contributed by atoms with Crippen LogP contribution in [0.3, 0.4) is 0 Å². The number of rotatable bonds is 0. The highest BCUT2D eigenvalue weighted by Gasteiger charge is 2.33. The smallest absolute Gasteiger partial charge is 0.240 e. The predicted molar refractivity (Wildman–Crippen MR) is 74.2 cm³/mol. The second kappa shape index (κ2) is 3.25. The van der Waals surface area contributed by atoms with Gasteiger partial charge in [-0.2, -0.15) is 9.38 Å². The Bertz CT molecular complexity index is 992. The van der Waals surface area contributed by atoms with Gasteiger partial charge in [0, 0.05) is 17.8 Å². The molecule has 5 heteroatoms. The van der Waals surface area contributed by atoms with Gasteiger partial charge in [-0.1, -0.05) is 18.2 Å². The molecule has 0 bridgehead atoms. The summed E-state index contributed by atoms with van der Waals surface area (Å²) >= 11 is 0. The number of benzene rings is 1. The Kier molecular flexibility index (Phi) is 1.65. The number of imidazole rings is 2. The minimum Gasteiger partial charge on any atom is -0.240 e. The maximum absolute atomic E-state index is 4.72. The monoisotopic (exact) mass is 262 g/mol. The summed E-state index contributed by atoms with van der Waals surface area (Å²) in [5.41, 5.74) is 5.71. The zero-order valence-corrected chi connectivity index (χ0v) is 11.0. The molecule has 0 aliphatic carbocycles. The first-order valence-electron chi connectivity index (χ1n) is 6.63. The Labute approximate surface area is 114 Å². The number of aryl methyl sites for hydroxylation is 1. The molecule has 5 rings (SSSR count). The van der Waals surface area contributed by atoms with Crippen LogP contribution in [0.5, 0.6) is 0 Å². The van der Waals surface area contributed by atoms with Crippen LogP contribution in [0.1, 0.15) is 5.56 Å². The predicted octanol–water partition coefficient (Wildman–Crippen LogP) is 1.54. The average molecular weight is 262 g/mol. The molecule has 4 aromatic rings. The van der Waals surface area contributed by atoms with Crippen molar-refractivity contribution in [1.29, 1.82) is 0 Å². The van der Waals surface area contributed by atoms with Crippen molar-refractivity contribution in [3.8, 4) is 11.4 Å². The van der Waals surface area contributed by atoms with Crippen LogP contribution in [-0.4, -0.2) is 18.9 Å². The van der Waals surface area contributed by atoms with Crippen LogP contribution < -0.4 is 4.57 Å². The molecule has 0 saturated heterocycles. The molecular weight excluding hydrogens is 250 g/mol. The Morgan fingerprint density at radius 3 is 3.05 bits per heavy atom. The summed E-state index contributed by atoms with van der Waals surface area (Å²) in [4.78, 5) is 8.94. The molecule has 0 spiro atoms. The molecule has 0 radical (unpaired) electrons. The second-order valence-electron chi connectivity index (χ2n) is 5.19. The van der Waals surface area contributed by atoms with Gasteiger partial charge in [0.05, 0.1) is 19.2 Å². The SMILES string of the molecule is Cn1c2[n+](c3c1nc1ccncn13)Cc1ccccc1-2. The van der Waals surface area contributed by atoms with Crippen LogP contribution in [0, 0.1) is 0 Å². The highest BCUT2D eigenvalue weighted by Crippen LogP contribution is 2.30. The molecule has 1 aliphatic rings. The van der Waals surface area contributed by atoms with Crippen molar-refractivity contribution in [2.75, 3.05) is 0 Å². The molecular formula is C15H12N5+. The van der Waals surface area contributed by atoms with Crippen molar-refractivity contribution < 1.29 is 4.57 Å². The number of hydrogen-bond donors (Lipinski definition) is 0. The number of aromatic nitrogens is 5. The van der Waals surface area contributed by atoms with Gasteiger partial charge in [-0.15, -0.1) is 0 Å². The molecule has 0 fully saturated rings. The van der Waals surface area contributed by atoms with Crippen molar-refractivity contribution >= 4 is 16.9 Å². The summed E-state index contributed by atoms with van der Waals surface area (Å²) in [6.07, 6.45) is 3.61. The molecule has 20 heavy (non-hydrogen) atoms. The van der Waals surface area contributed by atoms with Crippen molar-refractivity contribution in [2.45, 2.75) is 6.54 Å². The Morgan fingerprint density at radius 2 is 2.10 bits per heavy atom. The van der Waals surface area contributed by atoms with E-state index in [0.717, 1.165) is 23.5 Å². The topological polar surface area (TPSA) is 39.0 Å². The zero-order chi connectivity index (χ0) is 13.3. The summed E-state index contributed by atoms with van der Waals surface area (Å²) in [5, 5.41) is 0. The van der Waals surface area contributed by atoms with E-state index in [9.17, 15) is 0 Å². The lowest BCUT2D eigenvalue weighted by Gasteiger charge is -1.95. The van der Waals surface area contributed by atoms with E-state index in [0.29, 0.717) is 0 Å². The first-order valence-corrected chi connectivity index (χ1v) is 6.63. The first kappa shape index (κ1) is 10.1.